The van der Waals surface area contributed by atoms with Crippen LogP contribution in [0.25, 0.3) is 0 Å². The van der Waals surface area contributed by atoms with Crippen molar-refractivity contribution in [1.82, 2.24) is 0 Å². The largest absolute Gasteiger partial charge is 0.308 e. The second-order valence-corrected chi connectivity index (χ2v) is 11.1. The minimum Gasteiger partial charge on any atom is -0.308 e. The molecule has 0 fully saturated rings. The molecule has 7 nitrogen and oxygen atoms in total. The van der Waals surface area contributed by atoms with Crippen LogP contribution in [0.4, 0.5) is 11.4 Å². The van der Waals surface area contributed by atoms with E-state index in [4.69, 9.17) is 0 Å². The van der Waals surface area contributed by atoms with E-state index in [0.717, 1.165) is 22.9 Å². The number of imide groups is 1. The molecule has 0 aliphatic carbocycles. The van der Waals surface area contributed by atoms with Crippen molar-refractivity contribution in [3.05, 3.63) is 88.0 Å². The molecule has 178 valence electrons. The number of nitrogens with zero attached hydrogens (tertiary/aromatic N) is 2. The molecule has 0 N–H and O–H groups in total. The molecule has 0 radical (unpaired) electrons. The van der Waals surface area contributed by atoms with Crippen molar-refractivity contribution in [2.75, 3.05) is 22.6 Å². The molecule has 0 spiro atoms. The third-order valence-electron chi connectivity index (χ3n) is 6.58. The van der Waals surface area contributed by atoms with Gasteiger partial charge >= 0.3 is 0 Å². The van der Waals surface area contributed by atoms with Crippen LogP contribution in [-0.2, 0) is 16.3 Å². The Morgan fingerprint density at radius 1 is 0.857 bits per heavy atom. The molecule has 3 aromatic carbocycles. The molecule has 2 aliphatic rings. The van der Waals surface area contributed by atoms with Gasteiger partial charge in [0, 0.05) is 24.1 Å². The molecule has 0 saturated carbocycles. The Morgan fingerprint density at radius 2 is 1.60 bits per heavy atom. The summed E-state index contributed by atoms with van der Waals surface area (Å²) in [6.45, 7) is 4.21. The van der Waals surface area contributed by atoms with Crippen molar-refractivity contribution in [3.63, 3.8) is 0 Å². The van der Waals surface area contributed by atoms with E-state index in [2.05, 4.69) is 0 Å². The normalized spacial score (nSPS) is 15.3. The monoisotopic (exact) mass is 488 g/mol. The number of amides is 3. The van der Waals surface area contributed by atoms with Crippen molar-refractivity contribution in [3.8, 4) is 0 Å². The van der Waals surface area contributed by atoms with Gasteiger partial charge in [-0.25, -0.2) is 13.3 Å². The van der Waals surface area contributed by atoms with Gasteiger partial charge in [0.15, 0.2) is 9.84 Å². The number of rotatable bonds is 3. The fourth-order valence-electron chi connectivity index (χ4n) is 4.72. The maximum absolute atomic E-state index is 13.5. The van der Waals surface area contributed by atoms with Gasteiger partial charge in [0.05, 0.1) is 21.7 Å². The third kappa shape index (κ3) is 3.83. The van der Waals surface area contributed by atoms with E-state index >= 15 is 0 Å². The minimum absolute atomic E-state index is 0.200. The fourth-order valence-corrected chi connectivity index (χ4v) is 5.40. The lowest BCUT2D eigenvalue weighted by Crippen LogP contribution is -2.35. The Kier molecular flexibility index (Phi) is 5.36. The van der Waals surface area contributed by atoms with Crippen molar-refractivity contribution < 1.29 is 22.8 Å². The molecule has 0 bridgehead atoms. The summed E-state index contributed by atoms with van der Waals surface area (Å²) in [5, 5.41) is 0. The van der Waals surface area contributed by atoms with Gasteiger partial charge in [-0.1, -0.05) is 12.1 Å². The summed E-state index contributed by atoms with van der Waals surface area (Å²) in [5.41, 5.74) is 4.49. The summed E-state index contributed by atoms with van der Waals surface area (Å²) >= 11 is 0. The van der Waals surface area contributed by atoms with E-state index in [1.54, 1.807) is 29.2 Å². The van der Waals surface area contributed by atoms with Gasteiger partial charge in [-0.3, -0.25) is 14.4 Å². The summed E-state index contributed by atoms with van der Waals surface area (Å²) in [6, 6.07) is 15.0. The average Bonchev–Trinajstić information content (AvgIpc) is 3.08. The zero-order valence-corrected chi connectivity index (χ0v) is 20.5. The number of carbonyl (C=O) groups is 3. The van der Waals surface area contributed by atoms with E-state index in [0.29, 0.717) is 36.3 Å². The highest BCUT2D eigenvalue weighted by molar-refractivity contribution is 7.90. The quantitative estimate of drug-likeness (QED) is 0.518. The van der Waals surface area contributed by atoms with Crippen LogP contribution in [0, 0.1) is 13.8 Å². The number of hydrogen-bond acceptors (Lipinski definition) is 5. The smallest absolute Gasteiger partial charge is 0.266 e. The van der Waals surface area contributed by atoms with Crippen molar-refractivity contribution >= 4 is 38.9 Å². The first-order chi connectivity index (χ1) is 16.6. The van der Waals surface area contributed by atoms with Gasteiger partial charge in [-0.2, -0.15) is 0 Å². The topological polar surface area (TPSA) is 91.8 Å². The van der Waals surface area contributed by atoms with Gasteiger partial charge in [-0.05, 0) is 85.8 Å². The van der Waals surface area contributed by atoms with Crippen LogP contribution in [0.15, 0.2) is 59.5 Å². The maximum Gasteiger partial charge on any atom is 0.266 e. The highest BCUT2D eigenvalue weighted by atomic mass is 32.2. The highest BCUT2D eigenvalue weighted by Gasteiger charge is 2.38. The Morgan fingerprint density at radius 3 is 2.34 bits per heavy atom. The van der Waals surface area contributed by atoms with E-state index < -0.39 is 21.7 Å². The molecule has 3 amide bonds. The Bertz CT molecular complexity index is 1540. The number of anilines is 2. The van der Waals surface area contributed by atoms with Gasteiger partial charge in [0.1, 0.15) is 0 Å². The summed E-state index contributed by atoms with van der Waals surface area (Å²) in [4.78, 5) is 42.8. The second kappa shape index (κ2) is 8.16. The molecule has 35 heavy (non-hydrogen) atoms. The molecule has 3 aromatic rings. The Hall–Kier alpha value is -3.78. The van der Waals surface area contributed by atoms with Gasteiger partial charge in [0.2, 0.25) is 0 Å². The molecular formula is C27H24N2O5S. The molecule has 8 heteroatoms. The van der Waals surface area contributed by atoms with Crippen LogP contribution in [0.2, 0.25) is 0 Å². The first-order valence-electron chi connectivity index (χ1n) is 11.3. The van der Waals surface area contributed by atoms with E-state index in [-0.39, 0.29) is 21.9 Å². The fraction of sp³-hybridized carbons (Fsp3) is 0.222. The maximum atomic E-state index is 13.5. The standard InChI is InChI=1S/C27H24N2O5S/c1-16-6-7-17(2)24(13-16)29-26(31)21-10-8-19(15-22(21)27(29)32)25(30)28-12-4-5-18-14-20(35(3,33)34)9-11-23(18)28/h6-11,13-15H,4-5,12H2,1-3H3. The van der Waals surface area contributed by atoms with Crippen LogP contribution in [0.1, 0.15) is 54.2 Å². The summed E-state index contributed by atoms with van der Waals surface area (Å²) in [6.07, 6.45) is 2.52. The zero-order valence-electron chi connectivity index (χ0n) is 19.7. The number of hydrogen-bond donors (Lipinski definition) is 0. The first kappa shape index (κ1) is 23.0. The highest BCUT2D eigenvalue weighted by Crippen LogP contribution is 2.34. The van der Waals surface area contributed by atoms with Crippen molar-refractivity contribution in [2.45, 2.75) is 31.6 Å². The van der Waals surface area contributed by atoms with E-state index in [9.17, 15) is 22.8 Å². The predicted octanol–water partition coefficient (Wildman–Crippen LogP) is 4.10. The molecular weight excluding hydrogens is 464 g/mol. The Labute approximate surface area is 203 Å². The van der Waals surface area contributed by atoms with Crippen molar-refractivity contribution in [1.29, 1.82) is 0 Å². The lowest BCUT2D eigenvalue weighted by molar-refractivity contribution is 0.0924. The van der Waals surface area contributed by atoms with Gasteiger partial charge in [0.25, 0.3) is 17.7 Å². The van der Waals surface area contributed by atoms with Crippen LogP contribution in [-0.4, -0.2) is 38.9 Å². The molecule has 0 aromatic heterocycles. The summed E-state index contributed by atoms with van der Waals surface area (Å²) < 4.78 is 23.9. The number of fused-ring (bicyclic) bond motifs is 2. The molecule has 2 heterocycles. The van der Waals surface area contributed by atoms with Crippen LogP contribution < -0.4 is 9.80 Å². The third-order valence-corrected chi connectivity index (χ3v) is 7.69. The SMILES string of the molecule is Cc1ccc(C)c(N2C(=O)c3ccc(C(=O)N4CCCc5cc(S(C)(=O)=O)ccc54)cc3C2=O)c1. The van der Waals surface area contributed by atoms with Crippen LogP contribution in [0.5, 0.6) is 0 Å². The van der Waals surface area contributed by atoms with Crippen LogP contribution >= 0.6 is 0 Å². The van der Waals surface area contributed by atoms with Gasteiger partial charge < -0.3 is 4.90 Å². The lowest BCUT2D eigenvalue weighted by Gasteiger charge is -2.30. The number of sulfone groups is 1. The van der Waals surface area contributed by atoms with Crippen LogP contribution in [0.3, 0.4) is 0 Å². The second-order valence-electron chi connectivity index (χ2n) is 9.12. The number of carbonyl (C=O) groups excluding carboxylic acids is 3. The van der Waals surface area contributed by atoms with E-state index in [1.807, 2.05) is 26.0 Å². The van der Waals surface area contributed by atoms with Gasteiger partial charge in [-0.15, -0.1) is 0 Å². The Balaban J connectivity index is 1.50. The number of aryl methyl sites for hydroxylation is 3. The lowest BCUT2D eigenvalue weighted by atomic mass is 9.99. The first-order valence-corrected chi connectivity index (χ1v) is 13.2. The average molecular weight is 489 g/mol. The summed E-state index contributed by atoms with van der Waals surface area (Å²) in [7, 11) is -3.36. The molecule has 2 aliphatic heterocycles. The zero-order chi connectivity index (χ0) is 25.1. The molecule has 0 atom stereocenters. The minimum atomic E-state index is -3.36. The molecule has 0 saturated heterocycles. The van der Waals surface area contributed by atoms with Crippen molar-refractivity contribution in [2.24, 2.45) is 0 Å². The summed E-state index contributed by atoms with van der Waals surface area (Å²) in [5.74, 6) is -1.16. The molecule has 0 unspecified atom stereocenters. The number of benzene rings is 3. The predicted molar refractivity (Wildman–Crippen MR) is 133 cm³/mol. The molecule has 5 rings (SSSR count). The van der Waals surface area contributed by atoms with E-state index in [1.165, 1.54) is 23.1 Å².